The van der Waals surface area contributed by atoms with Crippen LogP contribution in [-0.2, 0) is 32.7 Å². The number of nitrogens with two attached hydrogens (primary N) is 1. The summed E-state index contributed by atoms with van der Waals surface area (Å²) >= 11 is 38.1. The van der Waals surface area contributed by atoms with E-state index in [1.165, 1.54) is 76.5 Å². The molecule has 22 nitrogen and oxygen atoms in total. The minimum Gasteiger partial charge on any atom is -0.481 e. The maximum atomic E-state index is 13.1. The molecule has 5 saturated carbocycles. The summed E-state index contributed by atoms with van der Waals surface area (Å²) in [6.07, 6.45) is 20.8. The number of anilines is 1. The molecule has 0 spiro atoms. The van der Waals surface area contributed by atoms with Crippen LogP contribution in [-0.4, -0.2) is 107 Å². The van der Waals surface area contributed by atoms with Crippen molar-refractivity contribution < 1.29 is 9.13 Å². The monoisotopic (exact) mass is 1650 g/mol. The summed E-state index contributed by atoms with van der Waals surface area (Å²) in [4.78, 5) is 19.6. The van der Waals surface area contributed by atoms with E-state index in [1.807, 2.05) is 115 Å². The molecule has 0 aliphatic heterocycles. The van der Waals surface area contributed by atoms with Crippen molar-refractivity contribution in [2.24, 2.45) is 29.6 Å². The van der Waals surface area contributed by atoms with E-state index in [0.29, 0.717) is 81.1 Å². The first kappa shape index (κ1) is 77.8. The normalized spacial score (nSPS) is 13.8. The Morgan fingerprint density at radius 2 is 0.629 bits per heavy atom. The number of nitrogen functional groups attached to an aromatic ring is 1. The Bertz CT molecular complexity index is 5960. The minimum atomic E-state index is -0.554. The van der Waals surface area contributed by atoms with Gasteiger partial charge in [-0.15, -0.1) is 25.5 Å². The van der Waals surface area contributed by atoms with Crippen LogP contribution in [0.4, 0.5) is 10.2 Å². The van der Waals surface area contributed by atoms with Gasteiger partial charge >= 0.3 is 0 Å². The lowest BCUT2D eigenvalue weighted by molar-refractivity contribution is 0.398. The first-order chi connectivity index (χ1) is 56.6. The smallest absolute Gasteiger partial charge is 0.214 e. The molecule has 576 valence electrons. The van der Waals surface area contributed by atoms with Gasteiger partial charge < -0.3 is 10.5 Å². The number of halogens is 7. The van der Waals surface area contributed by atoms with Crippen molar-refractivity contribution >= 4 is 131 Å². The van der Waals surface area contributed by atoms with Gasteiger partial charge in [0.1, 0.15) is 38.6 Å². The molecule has 0 atom stereocenters. The molecule has 5 aliphatic rings. The van der Waals surface area contributed by atoms with E-state index in [9.17, 15) is 4.39 Å². The van der Waals surface area contributed by atoms with E-state index in [1.54, 1.807) is 62.2 Å². The molecule has 20 rings (SSSR count). The number of fused-ring (bicyclic) bond motifs is 5. The summed E-state index contributed by atoms with van der Waals surface area (Å²) in [7, 11) is 1.58. The van der Waals surface area contributed by atoms with E-state index in [-0.39, 0.29) is 0 Å². The Kier molecular flexibility index (Phi) is 23.7. The van der Waals surface area contributed by atoms with Gasteiger partial charge in [-0.25, -0.2) is 43.3 Å². The molecule has 116 heavy (non-hydrogen) atoms. The van der Waals surface area contributed by atoms with Crippen molar-refractivity contribution in [3.8, 4) is 65.1 Å². The molecule has 5 aromatic carbocycles. The van der Waals surface area contributed by atoms with Crippen LogP contribution in [0.25, 0.3) is 55.2 Å². The summed E-state index contributed by atoms with van der Waals surface area (Å²) in [5.74, 6) is 34.6. The molecule has 5 aliphatic carbocycles. The first-order valence-corrected chi connectivity index (χ1v) is 39.9. The molecule has 0 unspecified atom stereocenters. The molecule has 10 aromatic heterocycles. The maximum absolute atomic E-state index is 13.1. The molecule has 0 radical (unpaired) electrons. The number of aryl methyl sites for hydroxylation is 1. The van der Waals surface area contributed by atoms with Crippen LogP contribution in [0.3, 0.4) is 0 Å². The van der Waals surface area contributed by atoms with E-state index in [0.717, 1.165) is 140 Å². The fourth-order valence-corrected chi connectivity index (χ4v) is 13.7. The Morgan fingerprint density at radius 3 is 0.931 bits per heavy atom. The molecule has 0 bridgehead atoms. The number of rotatable bonds is 11. The summed E-state index contributed by atoms with van der Waals surface area (Å²) in [6.45, 7) is 6.49. The van der Waals surface area contributed by atoms with Crippen molar-refractivity contribution in [1.29, 1.82) is 0 Å². The van der Waals surface area contributed by atoms with Crippen LogP contribution in [0.1, 0.15) is 126 Å². The zero-order chi connectivity index (χ0) is 79.8. The third-order valence-electron chi connectivity index (χ3n) is 19.6. The van der Waals surface area contributed by atoms with Crippen LogP contribution in [0, 0.1) is 102 Å². The van der Waals surface area contributed by atoms with Gasteiger partial charge in [0, 0.05) is 137 Å². The van der Waals surface area contributed by atoms with E-state index in [4.69, 9.17) is 80.1 Å². The Labute approximate surface area is 696 Å². The number of ether oxygens (including phenoxy) is 1. The van der Waals surface area contributed by atoms with Gasteiger partial charge in [-0.1, -0.05) is 155 Å². The predicted octanol–water partition coefficient (Wildman–Crippen LogP) is 17.1. The first-order valence-electron chi connectivity index (χ1n) is 37.6. The third-order valence-corrected chi connectivity index (χ3v) is 21.7. The van der Waals surface area contributed by atoms with E-state index < -0.39 is 5.95 Å². The lowest BCUT2D eigenvalue weighted by Gasteiger charge is -2.01. The molecule has 0 amide bonds. The SMILES string of the molecule is COc1cc(C#Cc2ccc3c(nnn3CC3CC3)c2Cl)ccn1.Cc1cc(C#Cc2ccc3c(nnn3CC3CC3)c2Cl)ccn1.Clc1cc(C#Cc2ccc3c(nnn3CC3CC3)c2Cl)ccn1.Fc1cc(C#Cc2ccc3c(nnn3CC3CC3)c2Cl)ccn1.Nc1cc(C#Cc2ccc3c(nnn3CC3CC3)c2Cl)ccn1. The second-order valence-corrected chi connectivity index (χ2v) is 31.1. The zero-order valence-corrected chi connectivity index (χ0v) is 67.0. The summed E-state index contributed by atoms with van der Waals surface area (Å²) in [5.41, 5.74) is 22.3. The third kappa shape index (κ3) is 19.6. The number of aromatic nitrogens is 20. The van der Waals surface area contributed by atoms with Gasteiger partial charge in [-0.3, -0.25) is 4.98 Å². The second-order valence-electron chi connectivity index (χ2n) is 28.8. The molecular formula is C87H68Cl6FN21O. The van der Waals surface area contributed by atoms with Gasteiger partial charge in [-0.05, 0) is 210 Å². The number of nitrogens with zero attached hydrogens (tertiary/aromatic N) is 20. The molecule has 2 N–H and O–H groups in total. The maximum Gasteiger partial charge on any atom is 0.214 e. The van der Waals surface area contributed by atoms with Gasteiger partial charge in [-0.2, -0.15) is 4.39 Å². The van der Waals surface area contributed by atoms with Gasteiger partial charge in [0.2, 0.25) is 11.8 Å². The highest BCUT2D eigenvalue weighted by Crippen LogP contribution is 2.38. The largest absolute Gasteiger partial charge is 0.481 e. The minimum absolute atomic E-state index is 0.418. The number of hydrogen-bond acceptors (Lipinski definition) is 17. The van der Waals surface area contributed by atoms with Gasteiger partial charge in [0.15, 0.2) is 0 Å². The molecule has 29 heteroatoms. The van der Waals surface area contributed by atoms with Crippen LogP contribution < -0.4 is 10.5 Å². The van der Waals surface area contributed by atoms with Crippen molar-refractivity contribution in [2.75, 3.05) is 12.8 Å². The Hall–Kier alpha value is -12.1. The second kappa shape index (κ2) is 35.3. The quantitative estimate of drug-likeness (QED) is 0.0933. The topological polar surface area (TPSA) is 253 Å². The highest BCUT2D eigenvalue weighted by molar-refractivity contribution is 6.38. The van der Waals surface area contributed by atoms with Gasteiger partial charge in [0.05, 0.1) is 59.8 Å². The van der Waals surface area contributed by atoms with Crippen molar-refractivity contribution in [3.63, 3.8) is 0 Å². The molecule has 5 fully saturated rings. The lowest BCUT2D eigenvalue weighted by atomic mass is 10.1. The highest BCUT2D eigenvalue weighted by Gasteiger charge is 2.28. The highest BCUT2D eigenvalue weighted by atomic mass is 35.5. The van der Waals surface area contributed by atoms with Crippen LogP contribution in [0.5, 0.6) is 5.88 Å². The predicted molar refractivity (Wildman–Crippen MR) is 448 cm³/mol. The summed E-state index contributed by atoms with van der Waals surface area (Å²) < 4.78 is 27.8. The number of methoxy groups -OCH3 is 1. The average Bonchev–Trinajstić information content (AvgIpc) is 1.68. The Balaban J connectivity index is 0.000000109. The molecule has 10 heterocycles. The van der Waals surface area contributed by atoms with Crippen molar-refractivity contribution in [2.45, 2.75) is 104 Å². The zero-order valence-electron chi connectivity index (χ0n) is 62.5. The summed E-state index contributed by atoms with van der Waals surface area (Å²) in [5, 5.41) is 45.2. The van der Waals surface area contributed by atoms with Crippen LogP contribution >= 0.6 is 69.6 Å². The fourth-order valence-electron chi connectivity index (χ4n) is 12.3. The standard InChI is InChI=1S/C18H15ClN4O.C18H15ClN4.C17H12Cl2N4.C17H12ClFN4.C17H14ClN5/c1-24-16-10-12(8-9-20-16)4-5-14-6-7-15-18(17(14)19)21-22-23(15)11-13-2-3-13;1-12-10-13(8-9-20-12)4-5-15-6-7-16-18(17(15)19)21-22-23(16)11-14-2-3-14;18-15-9-11(7-8-20-15)3-4-13-5-6-14-17(16(13)19)21-22-23(14)10-12-1-2-12;2*18-16-13(4-3-11-7-8-20-15(19)9-11)5-6-14-17(16)21-22-23(14)10-12-1-2-12/h6-10,13H,2-3,11H2,1H3;6-10,14H,2-3,11H2,1H3;2*5-9,12H,1-2,10H2;5-9,12H,1-2,10H2,(H2,19,20). The van der Waals surface area contributed by atoms with E-state index >= 15 is 0 Å². The average molecular weight is 1660 g/mol. The number of benzene rings is 5. The summed E-state index contributed by atoms with van der Waals surface area (Å²) in [6, 6.07) is 36.8. The molecule has 15 aromatic rings. The lowest BCUT2D eigenvalue weighted by Crippen LogP contribution is -2.01. The fraction of sp³-hybridized carbons (Fsp3) is 0.253. The van der Waals surface area contributed by atoms with Gasteiger partial charge in [0.25, 0.3) is 0 Å². The Morgan fingerprint density at radius 1 is 0.345 bits per heavy atom. The molecular weight excluding hydrogens is 1590 g/mol. The molecule has 0 saturated heterocycles. The number of hydrogen-bond donors (Lipinski definition) is 1. The number of pyridine rings is 5. The van der Waals surface area contributed by atoms with Crippen molar-refractivity contribution in [1.82, 2.24) is 99.9 Å². The van der Waals surface area contributed by atoms with Crippen LogP contribution in [0.15, 0.2) is 152 Å². The van der Waals surface area contributed by atoms with Crippen LogP contribution in [0.2, 0.25) is 30.3 Å². The van der Waals surface area contributed by atoms with Crippen molar-refractivity contribution in [3.05, 3.63) is 250 Å². The van der Waals surface area contributed by atoms with E-state index in [2.05, 4.69) is 136 Å².